The minimum Gasteiger partial charge on any atom is -0.371 e. The fraction of sp³-hybridized carbons (Fsp3) is 0.207. The van der Waals surface area contributed by atoms with Crippen LogP contribution in [0.5, 0.6) is 0 Å². The summed E-state index contributed by atoms with van der Waals surface area (Å²) in [6.07, 6.45) is 0. The summed E-state index contributed by atoms with van der Waals surface area (Å²) in [5.74, 6) is 0.463. The lowest BCUT2D eigenvalue weighted by molar-refractivity contribution is -0.114. The lowest BCUT2D eigenvalue weighted by Gasteiger charge is -2.38. The SMILES string of the molecule is C/C(=C1/C(=O)N(c2nc3ccccc3s2)N=C1CSc1ccc(Cl)cc1)N1CCN(c2ccccc2)CC1. The number of para-hydroxylation sites is 2. The van der Waals surface area contributed by atoms with Crippen LogP contribution in [0.1, 0.15) is 6.92 Å². The van der Waals surface area contributed by atoms with Crippen molar-refractivity contribution in [1.82, 2.24) is 9.88 Å². The summed E-state index contributed by atoms with van der Waals surface area (Å²) in [4.78, 5) is 24.4. The maximum absolute atomic E-state index is 13.9. The number of thioether (sulfide) groups is 1. The second kappa shape index (κ2) is 10.8. The Hall–Kier alpha value is -3.33. The number of carbonyl (C=O) groups is 1. The van der Waals surface area contributed by atoms with Gasteiger partial charge in [-0.2, -0.15) is 10.1 Å². The third-order valence-corrected chi connectivity index (χ3v) is 9.09. The van der Waals surface area contributed by atoms with Crippen molar-refractivity contribution in [2.75, 3.05) is 41.8 Å². The summed E-state index contributed by atoms with van der Waals surface area (Å²) < 4.78 is 1.04. The Kier molecular flexibility index (Phi) is 7.10. The van der Waals surface area contributed by atoms with Gasteiger partial charge in [0, 0.05) is 53.2 Å². The Bertz CT molecular complexity index is 1490. The molecule has 1 fully saturated rings. The van der Waals surface area contributed by atoms with Crippen LogP contribution >= 0.6 is 34.7 Å². The second-order valence-electron chi connectivity index (χ2n) is 9.14. The number of allylic oxidation sites excluding steroid dienone is 1. The van der Waals surface area contributed by atoms with Gasteiger partial charge in [-0.05, 0) is 55.5 Å². The van der Waals surface area contributed by atoms with Crippen LogP contribution in [-0.2, 0) is 4.79 Å². The van der Waals surface area contributed by atoms with Crippen LogP contribution in [-0.4, -0.2) is 53.4 Å². The van der Waals surface area contributed by atoms with Crippen molar-refractivity contribution < 1.29 is 4.79 Å². The fourth-order valence-electron chi connectivity index (χ4n) is 4.77. The molecule has 192 valence electrons. The largest absolute Gasteiger partial charge is 0.371 e. The van der Waals surface area contributed by atoms with Crippen molar-refractivity contribution in [3.05, 3.63) is 95.2 Å². The van der Waals surface area contributed by atoms with Crippen molar-refractivity contribution in [3.8, 4) is 0 Å². The van der Waals surface area contributed by atoms with Gasteiger partial charge in [-0.15, -0.1) is 11.8 Å². The third kappa shape index (κ3) is 5.04. The number of nitrogens with zero attached hydrogens (tertiary/aromatic N) is 5. The fourth-order valence-corrected chi connectivity index (χ4v) is 6.65. The average molecular weight is 560 g/mol. The van der Waals surface area contributed by atoms with Gasteiger partial charge in [0.05, 0.1) is 21.5 Å². The topological polar surface area (TPSA) is 52.0 Å². The molecule has 2 aliphatic rings. The molecular formula is C29H26ClN5OS2. The average Bonchev–Trinajstić information content (AvgIpc) is 3.53. The summed E-state index contributed by atoms with van der Waals surface area (Å²) >= 11 is 9.21. The number of benzene rings is 3. The van der Waals surface area contributed by atoms with E-state index in [1.807, 2.05) is 54.6 Å². The van der Waals surface area contributed by atoms with E-state index in [2.05, 4.69) is 41.0 Å². The standard InChI is InChI=1S/C29H26ClN5OS2/c1-20(33-15-17-34(18-16-33)22-7-3-2-4-8-22)27-25(19-37-23-13-11-21(30)12-14-23)32-35(28(27)36)29-31-24-9-5-6-10-26(24)38-29/h2-14H,15-19H2,1H3/b27-20-. The van der Waals surface area contributed by atoms with Gasteiger partial charge in [-0.1, -0.05) is 53.3 Å². The summed E-state index contributed by atoms with van der Waals surface area (Å²) in [5, 5.41) is 7.62. The van der Waals surface area contributed by atoms with Gasteiger partial charge in [0.15, 0.2) is 0 Å². The number of halogens is 1. The molecule has 0 atom stereocenters. The smallest absolute Gasteiger partial charge is 0.284 e. The maximum Gasteiger partial charge on any atom is 0.284 e. The van der Waals surface area contributed by atoms with E-state index in [1.54, 1.807) is 11.8 Å². The minimum atomic E-state index is -0.112. The molecule has 9 heteroatoms. The second-order valence-corrected chi connectivity index (χ2v) is 11.6. The number of thiazole rings is 1. The first-order valence-electron chi connectivity index (χ1n) is 12.5. The van der Waals surface area contributed by atoms with E-state index in [4.69, 9.17) is 21.7 Å². The number of hydrazone groups is 1. The number of anilines is 2. The summed E-state index contributed by atoms with van der Waals surface area (Å²) in [5.41, 5.74) is 4.54. The van der Waals surface area contributed by atoms with Crippen LogP contribution in [0.15, 0.2) is 100 Å². The van der Waals surface area contributed by atoms with Crippen molar-refractivity contribution in [2.24, 2.45) is 5.10 Å². The quantitative estimate of drug-likeness (QED) is 0.198. The molecule has 6 nitrogen and oxygen atoms in total. The Morgan fingerprint density at radius 3 is 2.39 bits per heavy atom. The third-order valence-electron chi connectivity index (χ3n) is 6.81. The molecule has 4 aromatic rings. The minimum absolute atomic E-state index is 0.112. The van der Waals surface area contributed by atoms with E-state index in [0.717, 1.165) is 52.7 Å². The first-order valence-corrected chi connectivity index (χ1v) is 14.7. The summed E-state index contributed by atoms with van der Waals surface area (Å²) in [6, 6.07) is 26.2. The molecule has 3 aromatic carbocycles. The number of piperazine rings is 1. The Morgan fingerprint density at radius 2 is 1.66 bits per heavy atom. The normalized spacial score (nSPS) is 17.4. The van der Waals surface area contributed by atoms with E-state index in [9.17, 15) is 4.79 Å². The van der Waals surface area contributed by atoms with E-state index in [0.29, 0.717) is 21.5 Å². The van der Waals surface area contributed by atoms with E-state index >= 15 is 0 Å². The zero-order chi connectivity index (χ0) is 26.1. The van der Waals surface area contributed by atoms with Gasteiger partial charge in [0.2, 0.25) is 5.13 Å². The molecule has 2 aliphatic heterocycles. The number of rotatable bonds is 6. The molecule has 3 heterocycles. The molecule has 0 aliphatic carbocycles. The van der Waals surface area contributed by atoms with Gasteiger partial charge in [-0.3, -0.25) is 4.79 Å². The summed E-state index contributed by atoms with van der Waals surface area (Å²) in [6.45, 7) is 5.54. The molecule has 1 saturated heterocycles. The van der Waals surface area contributed by atoms with Crippen molar-refractivity contribution in [2.45, 2.75) is 11.8 Å². The monoisotopic (exact) mass is 559 g/mol. The number of hydrogen-bond donors (Lipinski definition) is 0. The van der Waals surface area contributed by atoms with Crippen LogP contribution in [0.2, 0.25) is 5.02 Å². The van der Waals surface area contributed by atoms with Gasteiger partial charge in [0.1, 0.15) is 0 Å². The molecule has 0 saturated carbocycles. The molecule has 0 N–H and O–H groups in total. The van der Waals surface area contributed by atoms with Crippen LogP contribution < -0.4 is 9.91 Å². The van der Waals surface area contributed by atoms with Crippen molar-refractivity contribution in [1.29, 1.82) is 0 Å². The molecule has 0 unspecified atom stereocenters. The molecule has 0 bridgehead atoms. The molecule has 0 radical (unpaired) electrons. The molecule has 1 amide bonds. The molecule has 1 aromatic heterocycles. The first kappa shape index (κ1) is 25.0. The predicted octanol–water partition coefficient (Wildman–Crippen LogP) is 6.54. The Balaban J connectivity index is 1.28. The first-order chi connectivity index (χ1) is 18.6. The lowest BCUT2D eigenvalue weighted by Crippen LogP contribution is -2.46. The highest BCUT2D eigenvalue weighted by atomic mass is 35.5. The highest BCUT2D eigenvalue weighted by molar-refractivity contribution is 8.00. The highest BCUT2D eigenvalue weighted by Crippen LogP contribution is 2.35. The van der Waals surface area contributed by atoms with Gasteiger partial charge >= 0.3 is 0 Å². The number of carbonyl (C=O) groups excluding carboxylic acids is 1. The summed E-state index contributed by atoms with van der Waals surface area (Å²) in [7, 11) is 0. The maximum atomic E-state index is 13.9. The molecule has 6 rings (SSSR count). The Morgan fingerprint density at radius 1 is 0.947 bits per heavy atom. The number of aromatic nitrogens is 1. The van der Waals surface area contributed by atoms with Crippen LogP contribution in [0.3, 0.4) is 0 Å². The van der Waals surface area contributed by atoms with E-state index in [1.165, 1.54) is 22.0 Å². The van der Waals surface area contributed by atoms with Crippen molar-refractivity contribution in [3.63, 3.8) is 0 Å². The lowest BCUT2D eigenvalue weighted by atomic mass is 10.1. The number of hydrogen-bond acceptors (Lipinski definition) is 7. The van der Waals surface area contributed by atoms with Gasteiger partial charge in [-0.25, -0.2) is 4.98 Å². The van der Waals surface area contributed by atoms with Crippen molar-refractivity contribution >= 4 is 67.4 Å². The molecule has 0 spiro atoms. The van der Waals surface area contributed by atoms with Crippen LogP contribution in [0.25, 0.3) is 10.2 Å². The van der Waals surface area contributed by atoms with Gasteiger partial charge in [0.25, 0.3) is 5.91 Å². The Labute approximate surface area is 235 Å². The molecular weight excluding hydrogens is 534 g/mol. The van der Waals surface area contributed by atoms with E-state index < -0.39 is 0 Å². The van der Waals surface area contributed by atoms with Crippen LogP contribution in [0, 0.1) is 0 Å². The number of fused-ring (bicyclic) bond motifs is 1. The molecule has 38 heavy (non-hydrogen) atoms. The van der Waals surface area contributed by atoms with Gasteiger partial charge < -0.3 is 9.80 Å². The highest BCUT2D eigenvalue weighted by Gasteiger charge is 2.36. The van der Waals surface area contributed by atoms with Crippen LogP contribution in [0.4, 0.5) is 10.8 Å². The zero-order valence-electron chi connectivity index (χ0n) is 20.9. The predicted molar refractivity (Wildman–Crippen MR) is 160 cm³/mol. The zero-order valence-corrected chi connectivity index (χ0v) is 23.3. The number of amides is 1. The van der Waals surface area contributed by atoms with E-state index in [-0.39, 0.29) is 5.91 Å².